The van der Waals surface area contributed by atoms with Gasteiger partial charge in [-0.25, -0.2) is 9.48 Å². The minimum Gasteiger partial charge on any atom is -0.453 e. The number of aromatic nitrogens is 5. The van der Waals surface area contributed by atoms with Gasteiger partial charge in [-0.1, -0.05) is 0 Å². The van der Waals surface area contributed by atoms with Crippen LogP contribution in [0.3, 0.4) is 0 Å². The zero-order valence-electron chi connectivity index (χ0n) is 10.9. The smallest absolute Gasteiger partial charge is 0.412 e. The number of anilines is 2. The van der Waals surface area contributed by atoms with E-state index < -0.39 is 6.09 Å². The van der Waals surface area contributed by atoms with Crippen LogP contribution in [0.25, 0.3) is 0 Å². The maximum Gasteiger partial charge on any atom is 0.412 e. The number of nitrogens with one attached hydrogen (secondary N) is 1. The van der Waals surface area contributed by atoms with Gasteiger partial charge in [0.15, 0.2) is 5.82 Å². The number of nitrogen functional groups attached to an aromatic ring is 1. The molecule has 106 valence electrons. The van der Waals surface area contributed by atoms with Crippen LogP contribution in [0.1, 0.15) is 10.5 Å². The molecule has 0 unspecified atom stereocenters. The summed E-state index contributed by atoms with van der Waals surface area (Å²) in [6, 6.07) is 0. The standard InChI is InChI=1S/C10H13N7O3/c1-6-7(11)3-13-17(6)9(18)5-16-12-4-8(15-16)14-10(19)20-2/h3-4H,5,11H2,1-2H3,(H,14,15,19). The van der Waals surface area contributed by atoms with E-state index in [2.05, 4.69) is 25.3 Å². The molecule has 2 aromatic heterocycles. The van der Waals surface area contributed by atoms with Crippen LogP contribution in [0.4, 0.5) is 16.3 Å². The van der Waals surface area contributed by atoms with Gasteiger partial charge in [0.05, 0.1) is 30.9 Å². The number of carbonyl (C=O) groups excluding carboxylic acids is 2. The Hall–Kier alpha value is -2.91. The van der Waals surface area contributed by atoms with Gasteiger partial charge >= 0.3 is 6.09 Å². The molecule has 0 aliphatic rings. The zero-order valence-corrected chi connectivity index (χ0v) is 10.9. The Kier molecular flexibility index (Phi) is 3.64. The molecule has 0 aliphatic carbocycles. The Morgan fingerprint density at radius 3 is 2.75 bits per heavy atom. The lowest BCUT2D eigenvalue weighted by molar-refractivity contribution is 0.0862. The summed E-state index contributed by atoms with van der Waals surface area (Å²) in [5, 5.41) is 13.9. The van der Waals surface area contributed by atoms with E-state index in [1.165, 1.54) is 24.2 Å². The number of carbonyl (C=O) groups is 2. The van der Waals surface area contributed by atoms with Gasteiger partial charge in [0.2, 0.25) is 0 Å². The maximum atomic E-state index is 12.0. The molecule has 2 rings (SSSR count). The second kappa shape index (κ2) is 5.38. The Balaban J connectivity index is 2.05. The molecule has 2 heterocycles. The normalized spacial score (nSPS) is 10.3. The van der Waals surface area contributed by atoms with Gasteiger partial charge in [0, 0.05) is 0 Å². The number of hydrogen-bond acceptors (Lipinski definition) is 7. The molecule has 0 spiro atoms. The molecule has 2 aromatic rings. The Bertz CT molecular complexity index is 645. The fourth-order valence-corrected chi connectivity index (χ4v) is 1.45. The van der Waals surface area contributed by atoms with Gasteiger partial charge in [-0.3, -0.25) is 10.1 Å². The van der Waals surface area contributed by atoms with Crippen LogP contribution < -0.4 is 11.1 Å². The molecule has 10 heteroatoms. The summed E-state index contributed by atoms with van der Waals surface area (Å²) >= 11 is 0. The molecule has 0 aliphatic heterocycles. The van der Waals surface area contributed by atoms with Crippen LogP contribution >= 0.6 is 0 Å². The topological polar surface area (TPSA) is 130 Å². The van der Waals surface area contributed by atoms with E-state index in [-0.39, 0.29) is 18.3 Å². The summed E-state index contributed by atoms with van der Waals surface area (Å²) in [6.07, 6.45) is 2.03. The van der Waals surface area contributed by atoms with Gasteiger partial charge in [0.1, 0.15) is 6.54 Å². The van der Waals surface area contributed by atoms with E-state index in [9.17, 15) is 9.59 Å². The molecular formula is C10H13N7O3. The summed E-state index contributed by atoms with van der Waals surface area (Å²) in [7, 11) is 1.23. The lowest BCUT2D eigenvalue weighted by atomic mass is 10.4. The first kappa shape index (κ1) is 13.5. The second-order valence-corrected chi connectivity index (χ2v) is 3.87. The maximum absolute atomic E-state index is 12.0. The first-order valence-corrected chi connectivity index (χ1v) is 5.59. The SMILES string of the molecule is COC(=O)Nc1cnn(CC(=O)n2ncc(N)c2C)n1. The van der Waals surface area contributed by atoms with Crippen LogP contribution in [-0.4, -0.2) is 43.9 Å². The summed E-state index contributed by atoms with van der Waals surface area (Å²) in [5.74, 6) is -0.166. The molecule has 20 heavy (non-hydrogen) atoms. The molecule has 1 amide bonds. The van der Waals surface area contributed by atoms with Crippen molar-refractivity contribution in [2.75, 3.05) is 18.2 Å². The van der Waals surface area contributed by atoms with Crippen LogP contribution in [-0.2, 0) is 11.3 Å². The summed E-state index contributed by atoms with van der Waals surface area (Å²) in [6.45, 7) is 1.55. The first-order valence-electron chi connectivity index (χ1n) is 5.59. The summed E-state index contributed by atoms with van der Waals surface area (Å²) in [5.41, 5.74) is 6.59. The van der Waals surface area contributed by atoms with E-state index in [0.717, 1.165) is 4.80 Å². The van der Waals surface area contributed by atoms with Crippen molar-refractivity contribution in [2.45, 2.75) is 13.5 Å². The third-order valence-electron chi connectivity index (χ3n) is 2.51. The van der Waals surface area contributed by atoms with Crippen molar-refractivity contribution in [1.82, 2.24) is 24.8 Å². The molecule has 0 saturated carbocycles. The van der Waals surface area contributed by atoms with Crippen LogP contribution in [0, 0.1) is 6.92 Å². The third kappa shape index (κ3) is 2.74. The predicted molar refractivity (Wildman–Crippen MR) is 68.1 cm³/mol. The van der Waals surface area contributed by atoms with Crippen molar-refractivity contribution in [2.24, 2.45) is 0 Å². The van der Waals surface area contributed by atoms with Crippen LogP contribution in [0.15, 0.2) is 12.4 Å². The van der Waals surface area contributed by atoms with Gasteiger partial charge in [-0.05, 0) is 6.92 Å². The van der Waals surface area contributed by atoms with Gasteiger partial charge in [0.25, 0.3) is 5.91 Å². The number of ether oxygens (including phenoxy) is 1. The van der Waals surface area contributed by atoms with E-state index in [1.54, 1.807) is 6.92 Å². The van der Waals surface area contributed by atoms with Crippen molar-refractivity contribution in [3.63, 3.8) is 0 Å². The number of methoxy groups -OCH3 is 1. The van der Waals surface area contributed by atoms with E-state index in [0.29, 0.717) is 11.4 Å². The number of nitrogens with zero attached hydrogens (tertiary/aromatic N) is 5. The lowest BCUT2D eigenvalue weighted by Gasteiger charge is -2.02. The van der Waals surface area contributed by atoms with Gasteiger partial charge in [-0.15, -0.1) is 5.10 Å². The summed E-state index contributed by atoms with van der Waals surface area (Å²) in [4.78, 5) is 24.1. The Morgan fingerprint density at radius 2 is 2.15 bits per heavy atom. The molecule has 3 N–H and O–H groups in total. The Morgan fingerprint density at radius 1 is 1.40 bits per heavy atom. The van der Waals surface area contributed by atoms with Gasteiger partial charge in [-0.2, -0.15) is 15.0 Å². The summed E-state index contributed by atoms with van der Waals surface area (Å²) < 4.78 is 5.58. The molecule has 0 radical (unpaired) electrons. The van der Waals surface area contributed by atoms with Crippen molar-refractivity contribution in [3.05, 3.63) is 18.1 Å². The highest BCUT2D eigenvalue weighted by Gasteiger charge is 2.14. The highest BCUT2D eigenvalue weighted by molar-refractivity contribution is 5.83. The Labute approximate surface area is 113 Å². The van der Waals surface area contributed by atoms with Crippen LogP contribution in [0.2, 0.25) is 0 Å². The molecule has 10 nitrogen and oxygen atoms in total. The minimum atomic E-state index is -0.668. The van der Waals surface area contributed by atoms with Crippen molar-refractivity contribution < 1.29 is 14.3 Å². The van der Waals surface area contributed by atoms with Crippen molar-refractivity contribution in [1.29, 1.82) is 0 Å². The largest absolute Gasteiger partial charge is 0.453 e. The molecule has 0 fully saturated rings. The minimum absolute atomic E-state index is 0.134. The fraction of sp³-hybridized carbons (Fsp3) is 0.300. The molecule has 0 saturated heterocycles. The van der Waals surface area contributed by atoms with Crippen molar-refractivity contribution in [3.8, 4) is 0 Å². The number of amides is 1. The predicted octanol–water partition coefficient (Wildman–Crippen LogP) is -0.116. The van der Waals surface area contributed by atoms with E-state index in [4.69, 9.17) is 5.73 Å². The number of nitrogens with two attached hydrogens (primary N) is 1. The first-order chi connectivity index (χ1) is 9.51. The average molecular weight is 279 g/mol. The molecule has 0 atom stereocenters. The number of hydrogen-bond donors (Lipinski definition) is 2. The van der Waals surface area contributed by atoms with Crippen LogP contribution in [0.5, 0.6) is 0 Å². The lowest BCUT2D eigenvalue weighted by Crippen LogP contribution is -2.22. The highest BCUT2D eigenvalue weighted by atomic mass is 16.5. The fourth-order valence-electron chi connectivity index (χ4n) is 1.45. The highest BCUT2D eigenvalue weighted by Crippen LogP contribution is 2.08. The molecule has 0 aromatic carbocycles. The van der Waals surface area contributed by atoms with E-state index in [1.807, 2.05) is 0 Å². The quantitative estimate of drug-likeness (QED) is 0.801. The molecule has 0 bridgehead atoms. The monoisotopic (exact) mass is 279 g/mol. The third-order valence-corrected chi connectivity index (χ3v) is 2.51. The zero-order chi connectivity index (χ0) is 14.7. The number of rotatable bonds is 3. The molecular weight excluding hydrogens is 266 g/mol. The van der Waals surface area contributed by atoms with Crippen molar-refractivity contribution >= 4 is 23.5 Å². The average Bonchev–Trinajstić information content (AvgIpc) is 2.98. The van der Waals surface area contributed by atoms with E-state index >= 15 is 0 Å². The van der Waals surface area contributed by atoms with Gasteiger partial charge < -0.3 is 10.5 Å². The second-order valence-electron chi connectivity index (χ2n) is 3.87.